The van der Waals surface area contributed by atoms with Crippen molar-refractivity contribution in [2.24, 2.45) is 0 Å². The summed E-state index contributed by atoms with van der Waals surface area (Å²) in [4.78, 5) is 15.2. The molecule has 0 unspecified atom stereocenters. The van der Waals surface area contributed by atoms with Crippen molar-refractivity contribution in [3.05, 3.63) is 34.4 Å². The van der Waals surface area contributed by atoms with E-state index in [1.165, 1.54) is 18.2 Å². The van der Waals surface area contributed by atoms with Gasteiger partial charge in [0, 0.05) is 11.8 Å². The molecule has 0 atom stereocenters. The van der Waals surface area contributed by atoms with Gasteiger partial charge in [-0.15, -0.1) is 0 Å². The third kappa shape index (κ3) is 4.48. The fourth-order valence-electron chi connectivity index (χ4n) is 2.37. The van der Waals surface area contributed by atoms with E-state index in [2.05, 4.69) is 30.4 Å². The van der Waals surface area contributed by atoms with Crippen LogP contribution in [0.4, 0.5) is 13.2 Å². The monoisotopic (exact) mass is 510 g/mol. The third-order valence-electron chi connectivity index (χ3n) is 3.60. The van der Waals surface area contributed by atoms with Gasteiger partial charge in [0.2, 0.25) is 0 Å². The second kappa shape index (κ2) is 7.50. The van der Waals surface area contributed by atoms with E-state index >= 15 is 0 Å². The summed E-state index contributed by atoms with van der Waals surface area (Å²) in [6.07, 6.45) is -3.78. The molecule has 3 aromatic rings. The summed E-state index contributed by atoms with van der Waals surface area (Å²) >= 11 is 3.56. The molecule has 0 saturated carbocycles. The molecule has 154 valence electrons. The van der Waals surface area contributed by atoms with Crippen LogP contribution in [0.25, 0.3) is 22.1 Å². The minimum absolute atomic E-state index is 0.0131. The van der Waals surface area contributed by atoms with E-state index in [0.29, 0.717) is 10.2 Å². The average molecular weight is 511 g/mol. The molecule has 0 bridgehead atoms. The van der Waals surface area contributed by atoms with Crippen LogP contribution in [0.5, 0.6) is 0 Å². The maximum Gasteiger partial charge on any atom is 0.436 e. The highest BCUT2D eigenvalue weighted by Gasteiger charge is 2.39. The minimum atomic E-state index is -4.81. The number of sulfone groups is 1. The summed E-state index contributed by atoms with van der Waals surface area (Å²) < 4.78 is 67.2. The summed E-state index contributed by atoms with van der Waals surface area (Å²) in [6, 6.07) is 5.76. The van der Waals surface area contributed by atoms with E-state index in [4.69, 9.17) is 5.11 Å². The lowest BCUT2D eigenvalue weighted by molar-refractivity contribution is -0.143. The van der Waals surface area contributed by atoms with Crippen LogP contribution >= 0.6 is 27.5 Å². The van der Waals surface area contributed by atoms with E-state index in [-0.39, 0.29) is 21.4 Å². The zero-order chi connectivity index (χ0) is 21.6. The second-order valence-electron chi connectivity index (χ2n) is 5.78. The number of aromatic nitrogens is 4. The van der Waals surface area contributed by atoms with Gasteiger partial charge in [0.15, 0.2) is 26.4 Å². The molecule has 2 aromatic heterocycles. The summed E-state index contributed by atoms with van der Waals surface area (Å²) in [5.74, 6) is -1.31. The summed E-state index contributed by atoms with van der Waals surface area (Å²) in [5.41, 5.74) is -1.14. The molecule has 0 spiro atoms. The second-order valence-corrected chi connectivity index (χ2v) is 9.34. The lowest BCUT2D eigenvalue weighted by Gasteiger charge is -2.02. The lowest BCUT2D eigenvalue weighted by Crippen LogP contribution is -2.13. The standard InChI is InChI=1S/C15H10BrF3N4O4S2/c1-29(26,27)8-4-2-3-7(5-8)13-20-14(28-22-13)11-10(16)12(15(17,18)19)21-23(11)6-9(24)25/h2-5H,6H2,1H3,(H,24,25). The number of rotatable bonds is 5. The van der Waals surface area contributed by atoms with Crippen molar-refractivity contribution < 1.29 is 31.5 Å². The van der Waals surface area contributed by atoms with Crippen LogP contribution in [-0.2, 0) is 27.4 Å². The number of nitrogens with zero attached hydrogens (tertiary/aromatic N) is 4. The molecule has 0 aliphatic rings. The number of hydrogen-bond acceptors (Lipinski definition) is 7. The number of hydrogen-bond donors (Lipinski definition) is 1. The molecule has 0 fully saturated rings. The van der Waals surface area contributed by atoms with E-state index in [1.54, 1.807) is 6.07 Å². The molecule has 0 saturated heterocycles. The highest BCUT2D eigenvalue weighted by Crippen LogP contribution is 2.40. The first-order valence-electron chi connectivity index (χ1n) is 7.58. The summed E-state index contributed by atoms with van der Waals surface area (Å²) in [6.45, 7) is -0.817. The Labute approximate surface area is 174 Å². The Morgan fingerprint density at radius 3 is 2.62 bits per heavy atom. The van der Waals surface area contributed by atoms with Crippen LogP contribution in [-0.4, -0.2) is 44.9 Å². The Balaban J connectivity index is 2.11. The van der Waals surface area contributed by atoms with Gasteiger partial charge in [0.1, 0.15) is 12.2 Å². The minimum Gasteiger partial charge on any atom is -0.480 e. The smallest absolute Gasteiger partial charge is 0.436 e. The Hall–Kier alpha value is -2.32. The third-order valence-corrected chi connectivity index (χ3v) is 6.18. The van der Waals surface area contributed by atoms with Gasteiger partial charge in [-0.2, -0.15) is 22.6 Å². The number of alkyl halides is 3. The number of carboxylic acid groups (broad SMARTS) is 1. The van der Waals surface area contributed by atoms with Crippen LogP contribution in [0.3, 0.4) is 0 Å². The quantitative estimate of drug-likeness (QED) is 0.559. The average Bonchev–Trinajstić information content (AvgIpc) is 3.18. The number of carbonyl (C=O) groups is 1. The zero-order valence-electron chi connectivity index (χ0n) is 14.3. The first kappa shape index (κ1) is 21.4. The Kier molecular flexibility index (Phi) is 5.53. The SMILES string of the molecule is CS(=O)(=O)c1cccc(-c2nsc(-c3c(Br)c(C(F)(F)F)nn3CC(=O)O)n2)c1. The molecule has 2 heterocycles. The van der Waals surface area contributed by atoms with E-state index in [0.717, 1.165) is 17.8 Å². The van der Waals surface area contributed by atoms with Crippen molar-refractivity contribution in [3.63, 3.8) is 0 Å². The summed E-state index contributed by atoms with van der Waals surface area (Å²) in [5, 5.41) is 12.3. The number of aliphatic carboxylic acids is 1. The molecule has 14 heteroatoms. The van der Waals surface area contributed by atoms with Crippen molar-refractivity contribution in [2.75, 3.05) is 6.26 Å². The molecule has 1 N–H and O–H groups in total. The van der Waals surface area contributed by atoms with Crippen LogP contribution in [0, 0.1) is 0 Å². The zero-order valence-corrected chi connectivity index (χ0v) is 17.5. The Morgan fingerprint density at radius 1 is 1.34 bits per heavy atom. The van der Waals surface area contributed by atoms with Gasteiger partial charge >= 0.3 is 12.1 Å². The molecule has 0 aliphatic heterocycles. The van der Waals surface area contributed by atoms with Crippen molar-refractivity contribution in [1.82, 2.24) is 19.1 Å². The van der Waals surface area contributed by atoms with Crippen molar-refractivity contribution in [3.8, 4) is 22.1 Å². The molecule has 29 heavy (non-hydrogen) atoms. The van der Waals surface area contributed by atoms with Gasteiger partial charge in [-0.05, 0) is 39.6 Å². The predicted octanol–water partition coefficient (Wildman–Crippen LogP) is 3.34. The maximum atomic E-state index is 13.2. The highest BCUT2D eigenvalue weighted by molar-refractivity contribution is 9.10. The lowest BCUT2D eigenvalue weighted by atomic mass is 10.2. The highest BCUT2D eigenvalue weighted by atomic mass is 79.9. The molecule has 1 aromatic carbocycles. The van der Waals surface area contributed by atoms with Crippen LogP contribution in [0.2, 0.25) is 0 Å². The first-order chi connectivity index (χ1) is 13.4. The van der Waals surface area contributed by atoms with Crippen LogP contribution in [0.15, 0.2) is 33.6 Å². The largest absolute Gasteiger partial charge is 0.480 e. The van der Waals surface area contributed by atoms with Gasteiger partial charge < -0.3 is 5.11 Å². The first-order valence-corrected chi connectivity index (χ1v) is 11.0. The van der Waals surface area contributed by atoms with Crippen LogP contribution in [0.1, 0.15) is 5.69 Å². The fraction of sp³-hybridized carbons (Fsp3) is 0.200. The number of halogens is 4. The van der Waals surface area contributed by atoms with E-state index in [9.17, 15) is 26.4 Å². The Morgan fingerprint density at radius 2 is 2.03 bits per heavy atom. The van der Waals surface area contributed by atoms with Gasteiger partial charge in [-0.1, -0.05) is 12.1 Å². The van der Waals surface area contributed by atoms with Crippen molar-refractivity contribution in [1.29, 1.82) is 0 Å². The van der Waals surface area contributed by atoms with E-state index < -0.39 is 38.7 Å². The molecule has 8 nitrogen and oxygen atoms in total. The van der Waals surface area contributed by atoms with Gasteiger partial charge in [-0.25, -0.2) is 18.1 Å². The molecular weight excluding hydrogens is 501 g/mol. The maximum absolute atomic E-state index is 13.2. The fourth-order valence-corrected chi connectivity index (χ4v) is 4.61. The topological polar surface area (TPSA) is 115 Å². The van der Waals surface area contributed by atoms with Crippen LogP contribution < -0.4 is 0 Å². The number of benzene rings is 1. The number of carboxylic acids is 1. The van der Waals surface area contributed by atoms with E-state index in [1.807, 2.05) is 0 Å². The van der Waals surface area contributed by atoms with Gasteiger partial charge in [-0.3, -0.25) is 4.79 Å². The molecule has 3 rings (SSSR count). The molecule has 0 amide bonds. The van der Waals surface area contributed by atoms with Crippen molar-refractivity contribution >= 4 is 43.3 Å². The predicted molar refractivity (Wildman–Crippen MR) is 100 cm³/mol. The van der Waals surface area contributed by atoms with Gasteiger partial charge in [0.25, 0.3) is 0 Å². The molecule has 0 radical (unpaired) electrons. The Bertz CT molecular complexity index is 1200. The molecular formula is C15H10BrF3N4O4S2. The normalized spacial score (nSPS) is 12.3. The molecule has 0 aliphatic carbocycles. The van der Waals surface area contributed by atoms with Gasteiger partial charge in [0.05, 0.1) is 9.37 Å². The summed E-state index contributed by atoms with van der Waals surface area (Å²) in [7, 11) is -3.48. The van der Waals surface area contributed by atoms with Crippen molar-refractivity contribution in [2.45, 2.75) is 17.6 Å².